The molecule has 0 aliphatic rings. The number of unbranched alkanes of at least 4 members (excludes halogenated alkanes) is 1. The van der Waals surface area contributed by atoms with Gasteiger partial charge in [-0.3, -0.25) is 9.59 Å². The first-order valence-electron chi connectivity index (χ1n) is 7.44. The summed E-state index contributed by atoms with van der Waals surface area (Å²) in [5.41, 5.74) is 0.746. The van der Waals surface area contributed by atoms with Gasteiger partial charge in [-0.2, -0.15) is 0 Å². The van der Waals surface area contributed by atoms with Crippen molar-refractivity contribution in [1.82, 2.24) is 0 Å². The third kappa shape index (κ3) is 7.32. The minimum absolute atomic E-state index is 0.185. The highest BCUT2D eigenvalue weighted by Gasteiger charge is 2.07. The van der Waals surface area contributed by atoms with Crippen LogP contribution in [0.1, 0.15) is 50.4 Å². The largest absolute Gasteiger partial charge is 0.465 e. The molecule has 0 saturated heterocycles. The molecule has 0 N–H and O–H groups in total. The van der Waals surface area contributed by atoms with Crippen LogP contribution in [0.4, 0.5) is 0 Å². The van der Waals surface area contributed by atoms with Crippen molar-refractivity contribution in [3.63, 3.8) is 0 Å². The molecule has 0 atom stereocenters. The van der Waals surface area contributed by atoms with Crippen molar-refractivity contribution in [3.8, 4) is 0 Å². The van der Waals surface area contributed by atoms with E-state index >= 15 is 0 Å². The molecule has 3 nitrogen and oxygen atoms in total. The normalized spacial score (nSPS) is 10.7. The van der Waals surface area contributed by atoms with Crippen molar-refractivity contribution in [1.29, 1.82) is 0 Å². The van der Waals surface area contributed by atoms with E-state index in [-0.39, 0.29) is 11.8 Å². The van der Waals surface area contributed by atoms with Gasteiger partial charge in [0.25, 0.3) is 0 Å². The Morgan fingerprint density at radius 2 is 1.86 bits per heavy atom. The second-order valence-corrected chi connectivity index (χ2v) is 6.47. The second kappa shape index (κ2) is 9.61. The molecule has 116 valence electrons. The van der Waals surface area contributed by atoms with E-state index in [1.807, 2.05) is 38.1 Å². The SMILES string of the molecule is CCCCC(=O)c1ccc(SCC(=O)OCC(C)C)cc1. The number of benzene rings is 1. The van der Waals surface area contributed by atoms with E-state index in [0.29, 0.717) is 24.7 Å². The molecule has 0 radical (unpaired) electrons. The first-order valence-corrected chi connectivity index (χ1v) is 8.43. The number of rotatable bonds is 9. The smallest absolute Gasteiger partial charge is 0.316 e. The number of hydrogen-bond donors (Lipinski definition) is 0. The molecular formula is C17H24O3S. The average molecular weight is 308 g/mol. The molecule has 0 fully saturated rings. The number of thioether (sulfide) groups is 1. The van der Waals surface area contributed by atoms with Crippen LogP contribution in [0.3, 0.4) is 0 Å². The minimum Gasteiger partial charge on any atom is -0.465 e. The molecule has 0 aromatic heterocycles. The van der Waals surface area contributed by atoms with Crippen molar-refractivity contribution < 1.29 is 14.3 Å². The number of Topliss-reactive ketones (excluding diaryl/α,β-unsaturated/α-hetero) is 1. The van der Waals surface area contributed by atoms with Crippen molar-refractivity contribution in [2.75, 3.05) is 12.4 Å². The lowest BCUT2D eigenvalue weighted by atomic mass is 10.1. The Morgan fingerprint density at radius 3 is 2.43 bits per heavy atom. The summed E-state index contributed by atoms with van der Waals surface area (Å²) < 4.78 is 5.12. The van der Waals surface area contributed by atoms with Crippen LogP contribution in [0.5, 0.6) is 0 Å². The maximum Gasteiger partial charge on any atom is 0.316 e. The van der Waals surface area contributed by atoms with Crippen molar-refractivity contribution in [2.24, 2.45) is 5.92 Å². The van der Waals surface area contributed by atoms with Gasteiger partial charge in [-0.25, -0.2) is 0 Å². The molecule has 1 aromatic carbocycles. The highest BCUT2D eigenvalue weighted by molar-refractivity contribution is 8.00. The van der Waals surface area contributed by atoms with Gasteiger partial charge in [-0.05, 0) is 24.5 Å². The van der Waals surface area contributed by atoms with Crippen molar-refractivity contribution in [3.05, 3.63) is 29.8 Å². The Labute approximate surface area is 131 Å². The standard InChI is InChI=1S/C17H24O3S/c1-4-5-6-16(18)14-7-9-15(10-8-14)21-12-17(19)20-11-13(2)3/h7-10,13H,4-6,11-12H2,1-3H3. The average Bonchev–Trinajstić information content (AvgIpc) is 2.49. The minimum atomic E-state index is -0.197. The topological polar surface area (TPSA) is 43.4 Å². The van der Waals surface area contributed by atoms with Crippen LogP contribution in [-0.4, -0.2) is 24.1 Å². The van der Waals surface area contributed by atoms with E-state index in [0.717, 1.165) is 23.3 Å². The lowest BCUT2D eigenvalue weighted by Gasteiger charge is -2.07. The number of esters is 1. The summed E-state index contributed by atoms with van der Waals surface area (Å²) in [4.78, 5) is 24.3. The summed E-state index contributed by atoms with van der Waals surface area (Å²) in [5, 5.41) is 0. The van der Waals surface area contributed by atoms with E-state index in [2.05, 4.69) is 6.92 Å². The molecule has 21 heavy (non-hydrogen) atoms. The zero-order valence-corrected chi connectivity index (χ0v) is 13.9. The molecule has 1 rings (SSSR count). The van der Waals surface area contributed by atoms with E-state index in [1.54, 1.807) is 0 Å². The van der Waals surface area contributed by atoms with Crippen LogP contribution >= 0.6 is 11.8 Å². The van der Waals surface area contributed by atoms with E-state index in [4.69, 9.17) is 4.74 Å². The quantitative estimate of drug-likeness (QED) is 0.386. The predicted octanol–water partition coefficient (Wildman–Crippen LogP) is 4.35. The van der Waals surface area contributed by atoms with Gasteiger partial charge in [0.15, 0.2) is 5.78 Å². The molecule has 0 bridgehead atoms. The Hall–Kier alpha value is -1.29. The maximum absolute atomic E-state index is 11.8. The third-order valence-corrected chi connectivity index (χ3v) is 3.85. The van der Waals surface area contributed by atoms with Gasteiger partial charge in [-0.15, -0.1) is 11.8 Å². The lowest BCUT2D eigenvalue weighted by Crippen LogP contribution is -2.11. The van der Waals surface area contributed by atoms with E-state index in [1.165, 1.54) is 11.8 Å². The fraction of sp³-hybridized carbons (Fsp3) is 0.529. The molecule has 0 aliphatic heterocycles. The van der Waals surface area contributed by atoms with Crippen LogP contribution in [0.25, 0.3) is 0 Å². The van der Waals surface area contributed by atoms with Gasteiger partial charge in [0, 0.05) is 16.9 Å². The number of carbonyl (C=O) groups excluding carboxylic acids is 2. The highest BCUT2D eigenvalue weighted by atomic mass is 32.2. The molecular weight excluding hydrogens is 284 g/mol. The van der Waals surface area contributed by atoms with Crippen LogP contribution in [0.15, 0.2) is 29.2 Å². The van der Waals surface area contributed by atoms with Crippen LogP contribution in [0, 0.1) is 5.92 Å². The molecule has 0 saturated carbocycles. The van der Waals surface area contributed by atoms with Crippen molar-refractivity contribution in [2.45, 2.75) is 44.9 Å². The highest BCUT2D eigenvalue weighted by Crippen LogP contribution is 2.19. The zero-order valence-electron chi connectivity index (χ0n) is 13.1. The summed E-state index contributed by atoms with van der Waals surface area (Å²) in [6.07, 6.45) is 2.56. The summed E-state index contributed by atoms with van der Waals surface area (Å²) in [7, 11) is 0. The Morgan fingerprint density at radius 1 is 1.19 bits per heavy atom. The number of carbonyl (C=O) groups is 2. The van der Waals surface area contributed by atoms with E-state index in [9.17, 15) is 9.59 Å². The molecule has 1 aromatic rings. The summed E-state index contributed by atoms with van der Waals surface area (Å²) >= 11 is 1.43. The van der Waals surface area contributed by atoms with Crippen LogP contribution in [0.2, 0.25) is 0 Å². The van der Waals surface area contributed by atoms with Gasteiger partial charge < -0.3 is 4.74 Å². The molecule has 0 heterocycles. The Bertz CT molecular complexity index is 452. The van der Waals surface area contributed by atoms with Crippen LogP contribution in [-0.2, 0) is 9.53 Å². The lowest BCUT2D eigenvalue weighted by molar-refractivity contribution is -0.141. The van der Waals surface area contributed by atoms with Gasteiger partial charge >= 0.3 is 5.97 Å². The Balaban J connectivity index is 2.40. The fourth-order valence-electron chi connectivity index (χ4n) is 1.66. The summed E-state index contributed by atoms with van der Waals surface area (Å²) in [6.45, 7) is 6.55. The third-order valence-electron chi connectivity index (χ3n) is 2.87. The number of ether oxygens (including phenoxy) is 1. The van der Waals surface area contributed by atoms with Crippen molar-refractivity contribution >= 4 is 23.5 Å². The van der Waals surface area contributed by atoms with Gasteiger partial charge in [0.1, 0.15) is 0 Å². The monoisotopic (exact) mass is 308 g/mol. The fourth-order valence-corrected chi connectivity index (χ4v) is 2.36. The van der Waals surface area contributed by atoms with Crippen LogP contribution < -0.4 is 0 Å². The summed E-state index contributed by atoms with van der Waals surface area (Å²) in [6, 6.07) is 7.44. The second-order valence-electron chi connectivity index (χ2n) is 5.42. The van der Waals surface area contributed by atoms with Gasteiger partial charge in [-0.1, -0.05) is 39.3 Å². The first-order chi connectivity index (χ1) is 10.0. The number of hydrogen-bond acceptors (Lipinski definition) is 4. The predicted molar refractivity (Wildman–Crippen MR) is 86.8 cm³/mol. The van der Waals surface area contributed by atoms with Gasteiger partial charge in [0.05, 0.1) is 12.4 Å². The zero-order chi connectivity index (χ0) is 15.7. The molecule has 4 heteroatoms. The Kier molecular flexibility index (Phi) is 8.13. The molecule has 0 aliphatic carbocycles. The van der Waals surface area contributed by atoms with Gasteiger partial charge in [0.2, 0.25) is 0 Å². The molecule has 0 spiro atoms. The summed E-state index contributed by atoms with van der Waals surface area (Å²) in [5.74, 6) is 0.643. The maximum atomic E-state index is 11.8. The molecule has 0 unspecified atom stereocenters. The first kappa shape index (κ1) is 17.8. The van der Waals surface area contributed by atoms with E-state index < -0.39 is 0 Å². The molecule has 0 amide bonds. The number of ketones is 1.